The zero-order valence-electron chi connectivity index (χ0n) is 5.81. The first-order valence-corrected chi connectivity index (χ1v) is 2.87. The summed E-state index contributed by atoms with van der Waals surface area (Å²) in [6.45, 7) is 0. The van der Waals surface area contributed by atoms with E-state index in [0.29, 0.717) is 0 Å². The van der Waals surface area contributed by atoms with Crippen LogP contribution in [-0.2, 0) is 7.05 Å². The molecule has 0 fully saturated rings. The molecule has 1 aromatic heterocycles. The van der Waals surface area contributed by atoms with Crippen molar-refractivity contribution in [3.63, 3.8) is 0 Å². The highest BCUT2D eigenvalue weighted by atomic mass is 16.4. The van der Waals surface area contributed by atoms with Crippen molar-refractivity contribution in [1.82, 2.24) is 9.55 Å². The van der Waals surface area contributed by atoms with Gasteiger partial charge in [0.05, 0.1) is 5.56 Å². The topological polar surface area (TPSA) is 72.2 Å². The van der Waals surface area contributed by atoms with E-state index < -0.39 is 11.7 Å². The summed E-state index contributed by atoms with van der Waals surface area (Å²) in [5.74, 6) is -1.09. The van der Waals surface area contributed by atoms with Crippen molar-refractivity contribution in [2.45, 2.75) is 0 Å². The van der Waals surface area contributed by atoms with Gasteiger partial charge in [0, 0.05) is 19.4 Å². The quantitative estimate of drug-likeness (QED) is 0.590. The molecule has 0 radical (unpaired) electrons. The molecule has 0 aliphatic carbocycles. The number of hydrogen-bond donors (Lipinski definition) is 1. The lowest BCUT2D eigenvalue weighted by Gasteiger charge is -1.95. The lowest BCUT2D eigenvalue weighted by molar-refractivity contribution is 0.0695. The van der Waals surface area contributed by atoms with E-state index in [2.05, 4.69) is 4.98 Å². The van der Waals surface area contributed by atoms with Crippen LogP contribution in [0.4, 0.5) is 0 Å². The van der Waals surface area contributed by atoms with Crippen molar-refractivity contribution in [1.29, 1.82) is 0 Å². The number of hydrogen-bond acceptors (Lipinski definition) is 3. The van der Waals surface area contributed by atoms with Gasteiger partial charge in [-0.1, -0.05) is 0 Å². The van der Waals surface area contributed by atoms with Crippen molar-refractivity contribution in [3.05, 3.63) is 28.4 Å². The maximum atomic E-state index is 10.7. The Morgan fingerprint density at radius 3 is 2.82 bits per heavy atom. The van der Waals surface area contributed by atoms with E-state index in [4.69, 9.17) is 5.11 Å². The molecule has 1 rings (SSSR count). The van der Waals surface area contributed by atoms with Crippen molar-refractivity contribution in [3.8, 4) is 0 Å². The number of nitrogens with zero attached hydrogens (tertiary/aromatic N) is 2. The molecule has 58 valence electrons. The molecule has 0 aliphatic rings. The van der Waals surface area contributed by atoms with Gasteiger partial charge in [0.2, 0.25) is 0 Å². The van der Waals surface area contributed by atoms with Gasteiger partial charge in [-0.25, -0.2) is 14.6 Å². The summed E-state index contributed by atoms with van der Waals surface area (Å²) in [6, 6.07) is 0. The van der Waals surface area contributed by atoms with E-state index >= 15 is 0 Å². The largest absolute Gasteiger partial charge is 0.478 e. The van der Waals surface area contributed by atoms with Gasteiger partial charge >= 0.3 is 11.7 Å². The van der Waals surface area contributed by atoms with Crippen LogP contribution in [0.3, 0.4) is 0 Å². The molecule has 0 aliphatic heterocycles. The molecule has 5 nitrogen and oxygen atoms in total. The summed E-state index contributed by atoms with van der Waals surface area (Å²) in [4.78, 5) is 24.3. The number of carbonyl (C=O) groups is 1. The van der Waals surface area contributed by atoms with Gasteiger partial charge in [0.15, 0.2) is 0 Å². The Balaban J connectivity index is 3.26. The number of rotatable bonds is 1. The first kappa shape index (κ1) is 7.46. The molecule has 0 unspecified atom stereocenters. The molecule has 1 aromatic rings. The third-order valence-electron chi connectivity index (χ3n) is 1.20. The van der Waals surface area contributed by atoms with Crippen LogP contribution in [0.2, 0.25) is 0 Å². The molecule has 1 heterocycles. The molecule has 0 spiro atoms. The molecule has 1 N–H and O–H groups in total. The highest BCUT2D eigenvalue weighted by molar-refractivity contribution is 5.86. The minimum Gasteiger partial charge on any atom is -0.478 e. The second-order valence-corrected chi connectivity index (χ2v) is 2.04. The van der Waals surface area contributed by atoms with Crippen LogP contribution in [0.1, 0.15) is 10.4 Å². The summed E-state index contributed by atoms with van der Waals surface area (Å²) in [6.07, 6.45) is 2.25. The number of aromatic nitrogens is 2. The minimum absolute atomic E-state index is 0.00657. The summed E-state index contributed by atoms with van der Waals surface area (Å²) < 4.78 is 1.11. The van der Waals surface area contributed by atoms with Crippen LogP contribution in [0.5, 0.6) is 0 Å². The lowest BCUT2D eigenvalue weighted by Crippen LogP contribution is -2.20. The summed E-state index contributed by atoms with van der Waals surface area (Å²) >= 11 is 0. The predicted octanol–water partition coefficient (Wildman–Crippen LogP) is -0.521. The third kappa shape index (κ3) is 1.43. The van der Waals surface area contributed by atoms with E-state index in [1.807, 2.05) is 0 Å². The Morgan fingerprint density at radius 1 is 1.73 bits per heavy atom. The zero-order chi connectivity index (χ0) is 8.43. The minimum atomic E-state index is -1.09. The van der Waals surface area contributed by atoms with Crippen molar-refractivity contribution in [2.75, 3.05) is 0 Å². The number of carboxylic acids is 1. The maximum Gasteiger partial charge on any atom is 0.347 e. The van der Waals surface area contributed by atoms with Crippen LogP contribution in [-0.4, -0.2) is 20.6 Å². The van der Waals surface area contributed by atoms with E-state index in [1.165, 1.54) is 13.2 Å². The van der Waals surface area contributed by atoms with Gasteiger partial charge in [-0.3, -0.25) is 0 Å². The molecule has 11 heavy (non-hydrogen) atoms. The second kappa shape index (κ2) is 2.53. The molecule has 0 saturated carbocycles. The number of carboxylic acid groups (broad SMARTS) is 1. The van der Waals surface area contributed by atoms with Gasteiger partial charge < -0.3 is 9.67 Å². The summed E-state index contributed by atoms with van der Waals surface area (Å²) in [5, 5.41) is 8.44. The standard InChI is InChI=1S/C6H6N2O3/c1-8-3-4(5(9)10)2-7-6(8)11/h2-3H,1H3,(H,9,10). The average molecular weight is 154 g/mol. The monoisotopic (exact) mass is 154 g/mol. The fraction of sp³-hybridized carbons (Fsp3) is 0.167. The Hall–Kier alpha value is -1.65. The third-order valence-corrected chi connectivity index (χ3v) is 1.20. The maximum absolute atomic E-state index is 10.7. The molecular formula is C6H6N2O3. The Kier molecular flexibility index (Phi) is 1.72. The van der Waals surface area contributed by atoms with Crippen molar-refractivity contribution < 1.29 is 9.90 Å². The number of aryl methyl sites for hydroxylation is 1. The van der Waals surface area contributed by atoms with E-state index in [1.54, 1.807) is 0 Å². The van der Waals surface area contributed by atoms with Gasteiger partial charge in [0.1, 0.15) is 0 Å². The highest BCUT2D eigenvalue weighted by Gasteiger charge is 2.02. The molecule has 0 saturated heterocycles. The van der Waals surface area contributed by atoms with Gasteiger partial charge in [0.25, 0.3) is 0 Å². The Bertz CT molecular complexity index is 342. The molecular weight excluding hydrogens is 148 g/mol. The lowest BCUT2D eigenvalue weighted by atomic mass is 10.3. The second-order valence-electron chi connectivity index (χ2n) is 2.04. The SMILES string of the molecule is Cn1cc(C(=O)O)cnc1=O. The van der Waals surface area contributed by atoms with Crippen LogP contribution < -0.4 is 5.69 Å². The summed E-state index contributed by atoms with van der Waals surface area (Å²) in [5.41, 5.74) is -0.456. The van der Waals surface area contributed by atoms with Gasteiger partial charge in [-0.15, -0.1) is 0 Å². The Morgan fingerprint density at radius 2 is 2.36 bits per heavy atom. The Labute approximate surface area is 61.9 Å². The van der Waals surface area contributed by atoms with Gasteiger partial charge in [-0.2, -0.15) is 0 Å². The fourth-order valence-electron chi connectivity index (χ4n) is 0.623. The summed E-state index contributed by atoms with van der Waals surface area (Å²) in [7, 11) is 1.45. The first-order chi connectivity index (χ1) is 5.11. The first-order valence-electron chi connectivity index (χ1n) is 2.87. The van der Waals surface area contributed by atoms with E-state index in [0.717, 1.165) is 10.8 Å². The van der Waals surface area contributed by atoms with Crippen molar-refractivity contribution >= 4 is 5.97 Å². The smallest absolute Gasteiger partial charge is 0.347 e. The zero-order valence-corrected chi connectivity index (χ0v) is 5.81. The van der Waals surface area contributed by atoms with Crippen LogP contribution in [0.25, 0.3) is 0 Å². The number of aromatic carboxylic acids is 1. The van der Waals surface area contributed by atoms with Gasteiger partial charge in [-0.05, 0) is 0 Å². The highest BCUT2D eigenvalue weighted by Crippen LogP contribution is 1.90. The molecule has 5 heteroatoms. The van der Waals surface area contributed by atoms with Crippen LogP contribution >= 0.6 is 0 Å². The van der Waals surface area contributed by atoms with Crippen LogP contribution in [0, 0.1) is 0 Å². The normalized spacial score (nSPS) is 9.55. The molecule has 0 atom stereocenters. The average Bonchev–Trinajstić information content (AvgIpc) is 1.94. The van der Waals surface area contributed by atoms with E-state index in [-0.39, 0.29) is 5.56 Å². The van der Waals surface area contributed by atoms with Crippen LogP contribution in [0.15, 0.2) is 17.2 Å². The van der Waals surface area contributed by atoms with Crippen molar-refractivity contribution in [2.24, 2.45) is 7.05 Å². The van der Waals surface area contributed by atoms with E-state index in [9.17, 15) is 9.59 Å². The molecule has 0 aromatic carbocycles. The fourth-order valence-corrected chi connectivity index (χ4v) is 0.623. The predicted molar refractivity (Wildman–Crippen MR) is 36.4 cm³/mol. The molecule has 0 amide bonds. The molecule has 0 bridgehead atoms.